The van der Waals surface area contributed by atoms with Crippen LogP contribution in [0.4, 0.5) is 0 Å². The Kier molecular flexibility index (Phi) is 12.6. The number of nitrogens with one attached hydrogen (secondary N) is 1. The number of nitrogens with zero attached hydrogens (tertiary/aromatic N) is 1. The number of carbonyl (C=O) groups excluding carboxylic acids is 3. The van der Waals surface area contributed by atoms with Gasteiger partial charge in [0.15, 0.2) is 11.4 Å². The summed E-state index contributed by atoms with van der Waals surface area (Å²) >= 11 is 0. The zero-order valence-electron chi connectivity index (χ0n) is 24.3. The third-order valence-corrected chi connectivity index (χ3v) is 7.02. The van der Waals surface area contributed by atoms with E-state index in [4.69, 9.17) is 28.4 Å². The SMILES string of the molecule is COCCC(=O)Oc1c(OC)ccnc1C(=O)N[C@H]1CCC[C@H](OC2CCCC2)[C@@H](OCC(C)C)[C@H](C)OC1=O. The summed E-state index contributed by atoms with van der Waals surface area (Å²) < 4.78 is 34.2. The van der Waals surface area contributed by atoms with Crippen molar-refractivity contribution in [2.24, 2.45) is 5.92 Å². The number of ether oxygens (including phenoxy) is 6. The number of methoxy groups -OCH3 is 2. The van der Waals surface area contributed by atoms with Gasteiger partial charge in [-0.15, -0.1) is 0 Å². The minimum Gasteiger partial charge on any atom is -0.493 e. The molecule has 0 spiro atoms. The lowest BCUT2D eigenvalue weighted by Crippen LogP contribution is -2.46. The minimum atomic E-state index is -0.934. The van der Waals surface area contributed by atoms with Crippen LogP contribution < -0.4 is 14.8 Å². The Morgan fingerprint density at radius 1 is 1.12 bits per heavy atom. The highest BCUT2D eigenvalue weighted by Gasteiger charge is 2.37. The molecule has 1 amide bonds. The molecule has 1 N–H and O–H groups in total. The van der Waals surface area contributed by atoms with Gasteiger partial charge >= 0.3 is 11.9 Å². The van der Waals surface area contributed by atoms with Crippen LogP contribution in [0.5, 0.6) is 11.5 Å². The summed E-state index contributed by atoms with van der Waals surface area (Å²) in [7, 11) is 2.86. The first-order chi connectivity index (χ1) is 19.2. The van der Waals surface area contributed by atoms with E-state index in [2.05, 4.69) is 24.1 Å². The molecule has 1 aromatic rings. The molecule has 40 heavy (non-hydrogen) atoms. The van der Waals surface area contributed by atoms with Crippen molar-refractivity contribution in [3.05, 3.63) is 18.0 Å². The van der Waals surface area contributed by atoms with Gasteiger partial charge in [0, 0.05) is 26.0 Å². The predicted octanol–water partition coefficient (Wildman–Crippen LogP) is 3.62. The van der Waals surface area contributed by atoms with Gasteiger partial charge in [-0.2, -0.15) is 0 Å². The van der Waals surface area contributed by atoms with Gasteiger partial charge in [0.1, 0.15) is 18.2 Å². The summed E-state index contributed by atoms with van der Waals surface area (Å²) in [4.78, 5) is 43.0. The van der Waals surface area contributed by atoms with Gasteiger partial charge in [-0.1, -0.05) is 26.7 Å². The summed E-state index contributed by atoms with van der Waals surface area (Å²) in [6.07, 6.45) is 6.24. The van der Waals surface area contributed by atoms with Crippen molar-refractivity contribution in [1.29, 1.82) is 0 Å². The van der Waals surface area contributed by atoms with Crippen molar-refractivity contribution >= 4 is 17.8 Å². The zero-order valence-corrected chi connectivity index (χ0v) is 24.3. The van der Waals surface area contributed by atoms with Crippen LogP contribution in [0, 0.1) is 5.92 Å². The van der Waals surface area contributed by atoms with Crippen molar-refractivity contribution in [2.45, 2.75) is 103 Å². The lowest BCUT2D eigenvalue weighted by atomic mass is 10.0. The number of amides is 1. The number of cyclic esters (lactones) is 1. The third-order valence-electron chi connectivity index (χ3n) is 7.02. The van der Waals surface area contributed by atoms with Gasteiger partial charge in [0.2, 0.25) is 5.75 Å². The van der Waals surface area contributed by atoms with E-state index in [9.17, 15) is 14.4 Å². The Morgan fingerprint density at radius 2 is 1.88 bits per heavy atom. The average molecular weight is 565 g/mol. The molecule has 3 rings (SSSR count). The van der Waals surface area contributed by atoms with Crippen molar-refractivity contribution < 1.29 is 42.8 Å². The molecule has 0 unspecified atom stereocenters. The fraction of sp³-hybridized carbons (Fsp3) is 0.724. The number of hydrogen-bond acceptors (Lipinski definition) is 10. The molecule has 0 aromatic carbocycles. The second kappa shape index (κ2) is 15.9. The first-order valence-electron chi connectivity index (χ1n) is 14.2. The van der Waals surface area contributed by atoms with Crippen molar-refractivity contribution in [2.75, 3.05) is 27.4 Å². The van der Waals surface area contributed by atoms with Crippen LogP contribution in [0.1, 0.15) is 82.6 Å². The Morgan fingerprint density at radius 3 is 2.55 bits per heavy atom. The topological polar surface area (TPSA) is 132 Å². The quantitative estimate of drug-likeness (QED) is 0.376. The van der Waals surface area contributed by atoms with E-state index in [1.165, 1.54) is 26.5 Å². The van der Waals surface area contributed by atoms with Crippen molar-refractivity contribution in [3.8, 4) is 11.5 Å². The number of pyridine rings is 1. The van der Waals surface area contributed by atoms with Crippen molar-refractivity contribution in [1.82, 2.24) is 10.3 Å². The van der Waals surface area contributed by atoms with Gasteiger partial charge in [0.25, 0.3) is 5.91 Å². The third kappa shape index (κ3) is 9.14. The lowest BCUT2D eigenvalue weighted by molar-refractivity contribution is -0.173. The molecule has 224 valence electrons. The van der Waals surface area contributed by atoms with Crippen LogP contribution in [-0.4, -0.2) is 80.7 Å². The molecule has 1 saturated heterocycles. The Bertz CT molecular complexity index is 980. The fourth-order valence-electron chi connectivity index (χ4n) is 4.96. The standard InChI is InChI=1S/C29H44N2O9/c1-18(2)17-37-26-19(3)38-29(34)21(11-8-12-23(26)39-20-9-6-7-10-20)31-28(33)25-27(22(36-5)13-15-30-25)40-24(32)14-16-35-4/h13,15,18-21,23,26H,6-12,14,16-17H2,1-5H3,(H,31,33)/t19-,21-,23-,26-/m0/s1. The highest BCUT2D eigenvalue weighted by Crippen LogP contribution is 2.31. The van der Waals surface area contributed by atoms with Gasteiger partial charge in [-0.3, -0.25) is 9.59 Å². The van der Waals surface area contributed by atoms with E-state index >= 15 is 0 Å². The second-order valence-corrected chi connectivity index (χ2v) is 10.8. The van der Waals surface area contributed by atoms with Crippen LogP contribution in [0.3, 0.4) is 0 Å². The number of esters is 2. The molecule has 11 nitrogen and oxygen atoms in total. The van der Waals surface area contributed by atoms with E-state index in [1.54, 1.807) is 6.92 Å². The molecule has 2 heterocycles. The molecule has 1 aliphatic heterocycles. The summed E-state index contributed by atoms with van der Waals surface area (Å²) in [5.41, 5.74) is -0.175. The minimum absolute atomic E-state index is 0.0212. The summed E-state index contributed by atoms with van der Waals surface area (Å²) in [6.45, 7) is 6.62. The molecular weight excluding hydrogens is 520 g/mol. The molecule has 0 radical (unpaired) electrons. The number of carbonyl (C=O) groups is 3. The van der Waals surface area contributed by atoms with Crippen LogP contribution >= 0.6 is 0 Å². The maximum atomic E-state index is 13.3. The Labute approximate surface area is 236 Å². The molecule has 1 aromatic heterocycles. The molecule has 0 bridgehead atoms. The fourth-order valence-corrected chi connectivity index (χ4v) is 4.96. The second-order valence-electron chi connectivity index (χ2n) is 10.8. The molecule has 2 aliphatic rings. The van der Waals surface area contributed by atoms with Gasteiger partial charge in [0.05, 0.1) is 32.3 Å². The van der Waals surface area contributed by atoms with E-state index in [1.807, 2.05) is 0 Å². The number of aromatic nitrogens is 1. The number of rotatable bonds is 12. The van der Waals surface area contributed by atoms with Gasteiger partial charge in [-0.25, -0.2) is 9.78 Å². The smallest absolute Gasteiger partial charge is 0.329 e. The first kappa shape index (κ1) is 31.8. The monoisotopic (exact) mass is 564 g/mol. The predicted molar refractivity (Wildman–Crippen MR) is 145 cm³/mol. The number of hydrogen-bond donors (Lipinski definition) is 1. The van der Waals surface area contributed by atoms with Crippen molar-refractivity contribution in [3.63, 3.8) is 0 Å². The zero-order chi connectivity index (χ0) is 29.1. The van der Waals surface area contributed by atoms with Gasteiger partial charge < -0.3 is 33.7 Å². The lowest BCUT2D eigenvalue weighted by Gasteiger charge is -2.33. The molecule has 2 fully saturated rings. The summed E-state index contributed by atoms with van der Waals surface area (Å²) in [6, 6.07) is 0.545. The van der Waals surface area contributed by atoms with E-state index in [0.717, 1.165) is 25.7 Å². The van der Waals surface area contributed by atoms with E-state index in [0.29, 0.717) is 31.8 Å². The van der Waals surface area contributed by atoms with Crippen LogP contribution in [0.25, 0.3) is 0 Å². The maximum Gasteiger partial charge on any atom is 0.329 e. The maximum absolute atomic E-state index is 13.3. The largest absolute Gasteiger partial charge is 0.493 e. The summed E-state index contributed by atoms with van der Waals surface area (Å²) in [5, 5.41) is 2.73. The Hall–Kier alpha value is -2.76. The molecular formula is C29H44N2O9. The normalized spacial score (nSPS) is 24.1. The van der Waals surface area contributed by atoms with E-state index < -0.39 is 36.1 Å². The molecule has 1 aliphatic carbocycles. The highest BCUT2D eigenvalue weighted by molar-refractivity contribution is 5.98. The highest BCUT2D eigenvalue weighted by atomic mass is 16.6. The molecule has 1 saturated carbocycles. The molecule has 4 atom stereocenters. The molecule has 11 heteroatoms. The summed E-state index contributed by atoms with van der Waals surface area (Å²) in [5.74, 6) is -1.52. The Balaban J connectivity index is 1.76. The first-order valence-corrected chi connectivity index (χ1v) is 14.2. The van der Waals surface area contributed by atoms with Crippen LogP contribution in [-0.2, 0) is 28.5 Å². The average Bonchev–Trinajstić information content (AvgIpc) is 3.44. The van der Waals surface area contributed by atoms with Crippen LogP contribution in [0.15, 0.2) is 12.3 Å². The van der Waals surface area contributed by atoms with E-state index in [-0.39, 0.29) is 42.4 Å². The van der Waals surface area contributed by atoms with Gasteiger partial charge in [-0.05, 0) is 44.9 Å². The van der Waals surface area contributed by atoms with Crippen LogP contribution in [0.2, 0.25) is 0 Å².